The average molecular weight is 626 g/mol. The molecular weight excluding hydrogens is 590 g/mol. The molecule has 1 aliphatic carbocycles. The van der Waals surface area contributed by atoms with Gasteiger partial charge in [0.2, 0.25) is 0 Å². The number of amides is 1. The van der Waals surface area contributed by atoms with Crippen molar-refractivity contribution in [3.63, 3.8) is 0 Å². The summed E-state index contributed by atoms with van der Waals surface area (Å²) in [7, 11) is -3.95. The Morgan fingerprint density at radius 3 is 2.49 bits per heavy atom. The van der Waals surface area contributed by atoms with Crippen molar-refractivity contribution in [3.8, 4) is 16.9 Å². The van der Waals surface area contributed by atoms with Gasteiger partial charge in [-0.05, 0) is 73.9 Å². The van der Waals surface area contributed by atoms with Gasteiger partial charge in [0.1, 0.15) is 16.7 Å². The highest BCUT2D eigenvalue weighted by Crippen LogP contribution is 2.43. The lowest BCUT2D eigenvalue weighted by molar-refractivity contribution is 0.0804. The molecule has 0 unspecified atom stereocenters. The van der Waals surface area contributed by atoms with Crippen molar-refractivity contribution in [3.05, 3.63) is 66.1 Å². The summed E-state index contributed by atoms with van der Waals surface area (Å²) >= 11 is 6.51. The Labute approximate surface area is 256 Å². The highest BCUT2D eigenvalue weighted by molar-refractivity contribution is 7.90. The number of hydrogen-bond donors (Lipinski definition) is 3. The second kappa shape index (κ2) is 11.7. The maximum atomic E-state index is 13.7. The first-order chi connectivity index (χ1) is 20.3. The lowest BCUT2D eigenvalue weighted by Gasteiger charge is -2.49. The fourth-order valence-electron chi connectivity index (χ4n) is 5.88. The number of carboxylic acid groups (broad SMARTS) is 1. The summed E-state index contributed by atoms with van der Waals surface area (Å²) in [6.07, 6.45) is 4.86. The van der Waals surface area contributed by atoms with Gasteiger partial charge in [0.25, 0.3) is 10.0 Å². The molecule has 4 aromatic rings. The zero-order valence-electron chi connectivity index (χ0n) is 24.6. The van der Waals surface area contributed by atoms with Crippen molar-refractivity contribution in [2.24, 2.45) is 5.41 Å². The van der Waals surface area contributed by atoms with Crippen molar-refractivity contribution < 1.29 is 23.1 Å². The highest BCUT2D eigenvalue weighted by atomic mass is 35.5. The fourth-order valence-corrected chi connectivity index (χ4v) is 7.44. The number of hydrogen-bond acceptors (Lipinski definition) is 7. The van der Waals surface area contributed by atoms with Crippen LogP contribution in [0.2, 0.25) is 5.15 Å². The van der Waals surface area contributed by atoms with Crippen LogP contribution in [-0.2, 0) is 10.0 Å². The normalized spacial score (nSPS) is 19.2. The summed E-state index contributed by atoms with van der Waals surface area (Å²) in [4.78, 5) is 20.7. The molecule has 228 valence electrons. The minimum atomic E-state index is -3.95. The first-order valence-corrected chi connectivity index (χ1v) is 16.0. The minimum absolute atomic E-state index is 0.0518. The first kappa shape index (κ1) is 30.6. The number of carbonyl (C=O) groups is 1. The van der Waals surface area contributed by atoms with Crippen molar-refractivity contribution in [1.29, 1.82) is 0 Å². The Morgan fingerprint density at radius 1 is 1.16 bits per heavy atom. The Bertz CT molecular complexity index is 1740. The van der Waals surface area contributed by atoms with Gasteiger partial charge in [-0.15, -0.1) is 0 Å². The van der Waals surface area contributed by atoms with Crippen LogP contribution in [0.5, 0.6) is 5.75 Å². The van der Waals surface area contributed by atoms with Gasteiger partial charge in [0, 0.05) is 28.7 Å². The molecule has 1 amide bonds. The van der Waals surface area contributed by atoms with Crippen LogP contribution in [0.25, 0.3) is 22.2 Å². The van der Waals surface area contributed by atoms with Gasteiger partial charge in [0.15, 0.2) is 5.65 Å². The number of nitrogens with zero attached hydrogens (tertiary/aromatic N) is 3. The Balaban J connectivity index is 1.51. The summed E-state index contributed by atoms with van der Waals surface area (Å²) in [5, 5.41) is 16.6. The highest BCUT2D eigenvalue weighted by Gasteiger charge is 2.45. The van der Waals surface area contributed by atoms with Gasteiger partial charge in [0.05, 0.1) is 17.7 Å². The average Bonchev–Trinajstić information content (AvgIpc) is 3.33. The van der Waals surface area contributed by atoms with Crippen molar-refractivity contribution in [2.45, 2.75) is 69.9 Å². The van der Waals surface area contributed by atoms with E-state index in [0.717, 1.165) is 12.8 Å². The number of benzene rings is 1. The molecule has 5 rings (SSSR count). The van der Waals surface area contributed by atoms with Crippen LogP contribution < -0.4 is 15.4 Å². The number of anilines is 1. The van der Waals surface area contributed by atoms with Gasteiger partial charge in [-0.25, -0.2) is 27.2 Å². The summed E-state index contributed by atoms with van der Waals surface area (Å²) < 4.78 is 34.2. The molecule has 0 radical (unpaired) electrons. The maximum Gasteiger partial charge on any atom is 0.405 e. The summed E-state index contributed by atoms with van der Waals surface area (Å²) in [5.74, 6) is 1.06. The van der Waals surface area contributed by atoms with E-state index in [-0.39, 0.29) is 27.2 Å². The van der Waals surface area contributed by atoms with E-state index in [9.17, 15) is 18.3 Å². The van der Waals surface area contributed by atoms with Crippen LogP contribution in [0.15, 0.2) is 65.8 Å². The molecule has 3 aromatic heterocycles. The number of pyridine rings is 2. The van der Waals surface area contributed by atoms with Crippen LogP contribution in [0.4, 0.5) is 10.6 Å². The maximum absolute atomic E-state index is 13.7. The van der Waals surface area contributed by atoms with Gasteiger partial charge >= 0.3 is 6.09 Å². The fraction of sp³-hybridized carbons (Fsp3) is 0.387. The molecule has 0 saturated heterocycles. The van der Waals surface area contributed by atoms with Crippen LogP contribution in [0.3, 0.4) is 0 Å². The third-order valence-electron chi connectivity index (χ3n) is 8.28. The molecule has 10 nitrogen and oxygen atoms in total. The van der Waals surface area contributed by atoms with Crippen molar-refractivity contribution in [2.75, 3.05) is 11.9 Å². The molecule has 1 fully saturated rings. The third kappa shape index (κ3) is 6.14. The molecule has 3 N–H and O–H groups in total. The van der Waals surface area contributed by atoms with Crippen LogP contribution in [-0.4, -0.2) is 51.7 Å². The van der Waals surface area contributed by atoms with Crippen LogP contribution >= 0.6 is 11.6 Å². The van der Waals surface area contributed by atoms with E-state index in [0.29, 0.717) is 47.5 Å². The van der Waals surface area contributed by atoms with Gasteiger partial charge in [-0.3, -0.25) is 0 Å². The molecular formula is C31H36ClN5O5S. The summed E-state index contributed by atoms with van der Waals surface area (Å²) in [6, 6.07) is 13.6. The standard InChI is InChI=1S/C31H36ClN5O5S/c1-5-42-22-17-24-25(19-37(28(24)33-18-22)43(40,41)23-9-7-6-8-10-23)20-15-26(32)35-27(16-20)34-21-11-13-31(14-12-21,30(2,3)4)36-29(38)39/h6-10,15-19,21,36H,5,11-14H2,1-4H3,(H,34,35)(H,38,39). The quantitative estimate of drug-likeness (QED) is 0.182. The first-order valence-electron chi connectivity index (χ1n) is 14.2. The molecule has 1 saturated carbocycles. The zero-order chi connectivity index (χ0) is 31.0. The van der Waals surface area contributed by atoms with Gasteiger partial charge in [-0.1, -0.05) is 50.6 Å². The van der Waals surface area contributed by atoms with Crippen LogP contribution in [0.1, 0.15) is 53.4 Å². The van der Waals surface area contributed by atoms with E-state index in [1.165, 1.54) is 10.2 Å². The molecule has 0 aliphatic heterocycles. The number of aromatic nitrogens is 3. The third-order valence-corrected chi connectivity index (χ3v) is 10.1. The monoisotopic (exact) mass is 625 g/mol. The van der Waals surface area contributed by atoms with E-state index in [4.69, 9.17) is 16.3 Å². The number of rotatable bonds is 8. The Morgan fingerprint density at radius 2 is 1.86 bits per heavy atom. The van der Waals surface area contributed by atoms with Gasteiger partial charge < -0.3 is 20.5 Å². The molecule has 12 heteroatoms. The summed E-state index contributed by atoms with van der Waals surface area (Å²) in [5.41, 5.74) is 0.762. The SMILES string of the molecule is CCOc1cnc2c(c1)c(-c1cc(Cl)nc(NC3CCC(NC(=O)O)(C(C)(C)C)CC3)c1)cn2S(=O)(=O)c1ccccc1. The number of ether oxygens (including phenoxy) is 1. The number of fused-ring (bicyclic) bond motifs is 1. The second-order valence-electron chi connectivity index (χ2n) is 11.9. The molecule has 1 aromatic carbocycles. The van der Waals surface area contributed by atoms with E-state index >= 15 is 0 Å². The van der Waals surface area contributed by atoms with E-state index in [1.54, 1.807) is 48.7 Å². The second-order valence-corrected chi connectivity index (χ2v) is 14.1. The topological polar surface area (TPSA) is 135 Å². The van der Waals surface area contributed by atoms with E-state index < -0.39 is 21.7 Å². The van der Waals surface area contributed by atoms with Crippen LogP contribution in [0, 0.1) is 5.41 Å². The van der Waals surface area contributed by atoms with E-state index in [1.807, 2.05) is 13.0 Å². The molecule has 0 spiro atoms. The smallest absolute Gasteiger partial charge is 0.405 e. The number of nitrogens with one attached hydrogen (secondary N) is 2. The molecule has 43 heavy (non-hydrogen) atoms. The largest absolute Gasteiger partial charge is 0.492 e. The molecule has 0 bridgehead atoms. The predicted molar refractivity (Wildman–Crippen MR) is 167 cm³/mol. The number of halogens is 1. The lowest BCUT2D eigenvalue weighted by atomic mass is 9.64. The molecule has 3 heterocycles. The minimum Gasteiger partial charge on any atom is -0.492 e. The molecule has 1 aliphatic rings. The summed E-state index contributed by atoms with van der Waals surface area (Å²) in [6.45, 7) is 8.47. The zero-order valence-corrected chi connectivity index (χ0v) is 26.2. The van der Waals surface area contributed by atoms with E-state index in [2.05, 4.69) is 41.4 Å². The Kier molecular flexibility index (Phi) is 8.32. The van der Waals surface area contributed by atoms with Gasteiger partial charge in [-0.2, -0.15) is 0 Å². The predicted octanol–water partition coefficient (Wildman–Crippen LogP) is 6.79. The van der Waals surface area contributed by atoms with Crippen molar-refractivity contribution >= 4 is 44.6 Å². The molecule has 0 atom stereocenters. The van der Waals surface area contributed by atoms with Crippen molar-refractivity contribution in [1.82, 2.24) is 19.3 Å². The Hall–Kier alpha value is -3.83. The lowest BCUT2D eigenvalue weighted by Crippen LogP contribution is -2.59.